The number of aromatic nitrogens is 1. The van der Waals surface area contributed by atoms with E-state index in [2.05, 4.69) is 17.2 Å². The molecule has 3 rings (SSSR count). The Morgan fingerprint density at radius 2 is 1.90 bits per heavy atom. The molecule has 3 aromatic rings. The second kappa shape index (κ2) is 9.44. The topological polar surface area (TPSA) is 137 Å². The van der Waals surface area contributed by atoms with Gasteiger partial charge in [-0.15, -0.1) is 22.7 Å². The molecule has 8 nitrogen and oxygen atoms in total. The molecule has 3 heterocycles. The number of nitrogens with zero attached hydrogens (tertiary/aromatic N) is 1. The minimum absolute atomic E-state index is 0.0843. The highest BCUT2D eigenvalue weighted by atomic mass is 32.1. The first-order valence-corrected chi connectivity index (χ1v) is 11.5. The van der Waals surface area contributed by atoms with Gasteiger partial charge in [0.05, 0.1) is 17.9 Å². The number of amides is 2. The van der Waals surface area contributed by atoms with Gasteiger partial charge in [0, 0.05) is 11.1 Å². The molecule has 0 aliphatic rings. The van der Waals surface area contributed by atoms with E-state index >= 15 is 0 Å². The molecule has 0 radical (unpaired) electrons. The van der Waals surface area contributed by atoms with Crippen molar-refractivity contribution >= 4 is 61.4 Å². The van der Waals surface area contributed by atoms with Gasteiger partial charge in [-0.1, -0.05) is 13.3 Å². The zero-order valence-corrected chi connectivity index (χ0v) is 19.2. The van der Waals surface area contributed by atoms with E-state index < -0.39 is 17.8 Å². The van der Waals surface area contributed by atoms with Crippen LogP contribution in [0.1, 0.15) is 67.6 Å². The highest BCUT2D eigenvalue weighted by Crippen LogP contribution is 2.36. The number of rotatable bonds is 8. The van der Waals surface area contributed by atoms with Crippen LogP contribution in [-0.4, -0.2) is 29.4 Å². The van der Waals surface area contributed by atoms with Gasteiger partial charge in [-0.3, -0.25) is 9.59 Å². The number of anilines is 2. The first kappa shape index (κ1) is 22.7. The largest absolute Gasteiger partial charge is 0.462 e. The molecule has 31 heavy (non-hydrogen) atoms. The lowest BCUT2D eigenvalue weighted by atomic mass is 10.1. The summed E-state index contributed by atoms with van der Waals surface area (Å²) in [5.41, 5.74) is 13.4. The molecule has 0 saturated carbocycles. The molecule has 2 amide bonds. The van der Waals surface area contributed by atoms with Gasteiger partial charge in [-0.05, 0) is 44.4 Å². The normalized spacial score (nSPS) is 10.9. The van der Waals surface area contributed by atoms with Crippen molar-refractivity contribution in [3.05, 3.63) is 38.7 Å². The highest BCUT2D eigenvalue weighted by Gasteiger charge is 2.26. The summed E-state index contributed by atoms with van der Waals surface area (Å²) in [5, 5.41) is 3.59. The van der Waals surface area contributed by atoms with Crippen LogP contribution in [0.3, 0.4) is 0 Å². The van der Waals surface area contributed by atoms with Crippen molar-refractivity contribution in [2.24, 2.45) is 5.73 Å². The van der Waals surface area contributed by atoms with E-state index in [1.807, 2.05) is 12.1 Å². The van der Waals surface area contributed by atoms with Crippen molar-refractivity contribution in [1.82, 2.24) is 4.98 Å². The van der Waals surface area contributed by atoms with Crippen LogP contribution in [0.25, 0.3) is 10.2 Å². The molecule has 0 atom stereocenters. The first-order chi connectivity index (χ1) is 14.8. The number of nitrogens with one attached hydrogen (secondary N) is 1. The minimum atomic E-state index is -0.744. The summed E-state index contributed by atoms with van der Waals surface area (Å²) in [6.07, 6.45) is 2.96. The second-order valence-electron chi connectivity index (χ2n) is 6.90. The summed E-state index contributed by atoms with van der Waals surface area (Å²) >= 11 is 2.14. The number of carbonyl (C=O) groups is 3. The third kappa shape index (κ3) is 4.54. The third-order valence-corrected chi connectivity index (χ3v) is 7.03. The minimum Gasteiger partial charge on any atom is -0.462 e. The van der Waals surface area contributed by atoms with Gasteiger partial charge < -0.3 is 21.5 Å². The smallest absolute Gasteiger partial charge is 0.348 e. The average molecular weight is 461 g/mol. The number of carbonyl (C=O) groups excluding carboxylic acids is 3. The van der Waals surface area contributed by atoms with Crippen LogP contribution in [-0.2, 0) is 11.2 Å². The van der Waals surface area contributed by atoms with Gasteiger partial charge in [0.25, 0.3) is 11.8 Å². The maximum Gasteiger partial charge on any atom is 0.348 e. The average Bonchev–Trinajstić information content (AvgIpc) is 3.23. The van der Waals surface area contributed by atoms with Crippen molar-refractivity contribution in [3.8, 4) is 0 Å². The lowest BCUT2D eigenvalue weighted by Gasteiger charge is -2.04. The number of thiophene rings is 2. The Hall–Kier alpha value is -2.98. The standard InChI is InChI=1S/C21H24N4O4S2/c1-4-6-7-11-8-9-12-14(22)16(31-19(12)24-11)18(27)25-20-13(17(23)26)10(3)15(30-20)21(28)29-5-2/h8-9H,4-7,22H2,1-3H3,(H2,23,26)(H,25,27). The Labute approximate surface area is 187 Å². The van der Waals surface area contributed by atoms with E-state index in [0.717, 1.165) is 36.3 Å². The van der Waals surface area contributed by atoms with Crippen LogP contribution < -0.4 is 16.8 Å². The van der Waals surface area contributed by atoms with Crippen LogP contribution >= 0.6 is 22.7 Å². The van der Waals surface area contributed by atoms with E-state index in [-0.39, 0.29) is 26.9 Å². The Balaban J connectivity index is 1.94. The number of unbranched alkanes of at least 4 members (excludes halogenated alkanes) is 1. The number of hydrogen-bond donors (Lipinski definition) is 3. The molecular weight excluding hydrogens is 436 g/mol. The molecule has 0 unspecified atom stereocenters. The molecule has 0 saturated heterocycles. The highest BCUT2D eigenvalue weighted by molar-refractivity contribution is 7.21. The predicted octanol–water partition coefficient (Wildman–Crippen LogP) is 4.12. The fourth-order valence-electron chi connectivity index (χ4n) is 3.15. The van der Waals surface area contributed by atoms with Gasteiger partial charge in [-0.2, -0.15) is 0 Å². The molecule has 0 fully saturated rings. The molecular formula is C21H24N4O4S2. The van der Waals surface area contributed by atoms with Crippen molar-refractivity contribution in [1.29, 1.82) is 0 Å². The monoisotopic (exact) mass is 460 g/mol. The SMILES string of the molecule is CCCCc1ccc2c(N)c(C(=O)Nc3sc(C(=O)OCC)c(C)c3C(N)=O)sc2n1. The van der Waals surface area contributed by atoms with Crippen LogP contribution in [0.5, 0.6) is 0 Å². The molecule has 10 heteroatoms. The van der Waals surface area contributed by atoms with Gasteiger partial charge in [0.15, 0.2) is 0 Å². The predicted molar refractivity (Wildman–Crippen MR) is 124 cm³/mol. The molecule has 0 spiro atoms. The molecule has 164 valence electrons. The zero-order chi connectivity index (χ0) is 22.7. The molecule has 5 N–H and O–H groups in total. The van der Waals surface area contributed by atoms with E-state index in [4.69, 9.17) is 16.2 Å². The van der Waals surface area contributed by atoms with Gasteiger partial charge in [0.1, 0.15) is 19.6 Å². The van der Waals surface area contributed by atoms with Gasteiger partial charge >= 0.3 is 5.97 Å². The lowest BCUT2D eigenvalue weighted by Crippen LogP contribution is -2.17. The lowest BCUT2D eigenvalue weighted by molar-refractivity contribution is 0.0531. The number of hydrogen-bond acceptors (Lipinski definition) is 8. The number of primary amides is 1. The molecule has 0 bridgehead atoms. The van der Waals surface area contributed by atoms with Crippen molar-refractivity contribution < 1.29 is 19.1 Å². The molecule has 0 aliphatic heterocycles. The van der Waals surface area contributed by atoms with Crippen LogP contribution in [0.2, 0.25) is 0 Å². The van der Waals surface area contributed by atoms with E-state index in [1.165, 1.54) is 11.3 Å². The summed E-state index contributed by atoms with van der Waals surface area (Å²) in [6.45, 7) is 5.58. The fourth-order valence-corrected chi connectivity index (χ4v) is 5.26. The quantitative estimate of drug-likeness (QED) is 0.432. The van der Waals surface area contributed by atoms with Crippen LogP contribution in [0.15, 0.2) is 12.1 Å². The van der Waals surface area contributed by atoms with Crippen LogP contribution in [0, 0.1) is 6.92 Å². The summed E-state index contributed by atoms with van der Waals surface area (Å²) in [4.78, 5) is 43.0. The zero-order valence-electron chi connectivity index (χ0n) is 17.5. The maximum atomic E-state index is 13.0. The van der Waals surface area contributed by atoms with Crippen molar-refractivity contribution in [2.45, 2.75) is 40.0 Å². The molecule has 0 aromatic carbocycles. The third-order valence-electron chi connectivity index (χ3n) is 4.73. The maximum absolute atomic E-state index is 13.0. The van der Waals surface area contributed by atoms with E-state index in [9.17, 15) is 14.4 Å². The van der Waals surface area contributed by atoms with Gasteiger partial charge in [-0.25, -0.2) is 9.78 Å². The number of nitrogens with two attached hydrogens (primary N) is 2. The Morgan fingerprint density at radius 1 is 1.16 bits per heavy atom. The Morgan fingerprint density at radius 3 is 2.55 bits per heavy atom. The summed E-state index contributed by atoms with van der Waals surface area (Å²) in [6, 6.07) is 3.79. The van der Waals surface area contributed by atoms with Crippen molar-refractivity contribution in [3.63, 3.8) is 0 Å². The Bertz CT molecular complexity index is 1170. The van der Waals surface area contributed by atoms with Crippen LogP contribution in [0.4, 0.5) is 10.7 Å². The van der Waals surface area contributed by atoms with E-state index in [0.29, 0.717) is 21.5 Å². The number of esters is 1. The summed E-state index contributed by atoms with van der Waals surface area (Å²) < 4.78 is 5.03. The number of fused-ring (bicyclic) bond motifs is 1. The molecule has 3 aromatic heterocycles. The van der Waals surface area contributed by atoms with E-state index in [1.54, 1.807) is 13.8 Å². The second-order valence-corrected chi connectivity index (χ2v) is 8.92. The number of aryl methyl sites for hydroxylation is 1. The summed E-state index contributed by atoms with van der Waals surface area (Å²) in [5.74, 6) is -1.81. The Kier molecular flexibility index (Phi) is 6.91. The first-order valence-electron chi connectivity index (χ1n) is 9.87. The molecule has 0 aliphatic carbocycles. The van der Waals surface area contributed by atoms with Gasteiger partial charge in [0.2, 0.25) is 0 Å². The number of nitrogen functional groups attached to an aromatic ring is 1. The summed E-state index contributed by atoms with van der Waals surface area (Å²) in [7, 11) is 0. The van der Waals surface area contributed by atoms with Crippen molar-refractivity contribution in [2.75, 3.05) is 17.7 Å². The fraction of sp³-hybridized carbons (Fsp3) is 0.333. The number of ether oxygens (including phenoxy) is 1. The number of pyridine rings is 1.